The van der Waals surface area contributed by atoms with Crippen LogP contribution in [0, 0.1) is 13.8 Å². The SMILES string of the molecule is Cc1ccc(-c2ccccc2CN2CCn3c(ccc(-n4cnc(C)c4)c3=O)C2=O)cc1. The van der Waals surface area contributed by atoms with Gasteiger partial charge in [-0.15, -0.1) is 0 Å². The Labute approximate surface area is 186 Å². The molecular formula is C26H24N4O2. The average Bonchev–Trinajstić information content (AvgIpc) is 3.23. The predicted molar refractivity (Wildman–Crippen MR) is 124 cm³/mol. The number of nitrogens with zero attached hydrogens (tertiary/aromatic N) is 4. The Morgan fingerprint density at radius 1 is 0.906 bits per heavy atom. The van der Waals surface area contributed by atoms with Gasteiger partial charge in [-0.25, -0.2) is 4.98 Å². The normalized spacial score (nSPS) is 13.3. The number of hydrogen-bond acceptors (Lipinski definition) is 3. The number of carbonyl (C=O) groups is 1. The molecule has 2 aromatic carbocycles. The molecule has 5 rings (SSSR count). The molecule has 0 unspecified atom stereocenters. The largest absolute Gasteiger partial charge is 0.331 e. The van der Waals surface area contributed by atoms with E-state index in [0.29, 0.717) is 31.0 Å². The highest BCUT2D eigenvalue weighted by Crippen LogP contribution is 2.26. The molecule has 1 amide bonds. The van der Waals surface area contributed by atoms with Gasteiger partial charge in [0.2, 0.25) is 0 Å². The topological polar surface area (TPSA) is 60.1 Å². The minimum atomic E-state index is -0.173. The smallest absolute Gasteiger partial charge is 0.275 e. The number of hydrogen-bond donors (Lipinski definition) is 0. The van der Waals surface area contributed by atoms with Crippen molar-refractivity contribution in [2.75, 3.05) is 6.54 Å². The first-order valence-electron chi connectivity index (χ1n) is 10.7. The zero-order chi connectivity index (χ0) is 22.2. The van der Waals surface area contributed by atoms with Crippen molar-refractivity contribution in [1.82, 2.24) is 19.0 Å². The van der Waals surface area contributed by atoms with Gasteiger partial charge in [0.15, 0.2) is 0 Å². The second-order valence-electron chi connectivity index (χ2n) is 8.23. The molecular weight excluding hydrogens is 400 g/mol. The maximum absolute atomic E-state index is 13.3. The number of aromatic nitrogens is 3. The standard InChI is InChI=1S/C26H24N4O2/c1-18-7-9-20(10-8-18)22-6-4-3-5-21(22)16-28-13-14-30-24(25(28)31)12-11-23(26(30)32)29-15-19(2)27-17-29/h3-12,15,17H,13-14,16H2,1-2H3. The molecule has 0 N–H and O–H groups in total. The molecule has 0 spiro atoms. The van der Waals surface area contributed by atoms with Gasteiger partial charge in [-0.05, 0) is 42.7 Å². The number of benzene rings is 2. The van der Waals surface area contributed by atoms with E-state index in [0.717, 1.165) is 22.4 Å². The highest BCUT2D eigenvalue weighted by atomic mass is 16.2. The van der Waals surface area contributed by atoms with E-state index in [4.69, 9.17) is 0 Å². The summed E-state index contributed by atoms with van der Waals surface area (Å²) in [5.74, 6) is -0.125. The van der Waals surface area contributed by atoms with Gasteiger partial charge in [0.1, 0.15) is 11.4 Å². The lowest BCUT2D eigenvalue weighted by Gasteiger charge is -2.30. The van der Waals surface area contributed by atoms with Gasteiger partial charge < -0.3 is 14.0 Å². The summed E-state index contributed by atoms with van der Waals surface area (Å²) in [5.41, 5.74) is 6.14. The highest BCUT2D eigenvalue weighted by Gasteiger charge is 2.26. The number of pyridine rings is 1. The molecule has 1 aliphatic heterocycles. The summed E-state index contributed by atoms with van der Waals surface area (Å²) in [7, 11) is 0. The Kier molecular flexibility index (Phi) is 4.98. The summed E-state index contributed by atoms with van der Waals surface area (Å²) in [6.07, 6.45) is 3.43. The number of amides is 1. The van der Waals surface area contributed by atoms with E-state index >= 15 is 0 Å². The molecule has 32 heavy (non-hydrogen) atoms. The third-order valence-corrected chi connectivity index (χ3v) is 5.98. The molecule has 0 fully saturated rings. The molecule has 3 heterocycles. The minimum absolute atomic E-state index is 0.125. The second-order valence-corrected chi connectivity index (χ2v) is 8.23. The summed E-state index contributed by atoms with van der Waals surface area (Å²) >= 11 is 0. The number of fused-ring (bicyclic) bond motifs is 1. The van der Waals surface area contributed by atoms with Crippen LogP contribution in [-0.4, -0.2) is 31.5 Å². The van der Waals surface area contributed by atoms with Crippen LogP contribution in [0.2, 0.25) is 0 Å². The summed E-state index contributed by atoms with van der Waals surface area (Å²) in [6.45, 7) is 5.40. The maximum Gasteiger partial charge on any atom is 0.275 e. The van der Waals surface area contributed by atoms with Crippen LogP contribution in [0.3, 0.4) is 0 Å². The lowest BCUT2D eigenvalue weighted by atomic mass is 9.98. The maximum atomic E-state index is 13.3. The Morgan fingerprint density at radius 3 is 2.44 bits per heavy atom. The minimum Gasteiger partial charge on any atom is -0.331 e. The number of rotatable bonds is 4. The molecule has 0 saturated heterocycles. The number of carbonyl (C=O) groups excluding carboxylic acids is 1. The van der Waals surface area contributed by atoms with Gasteiger partial charge in [0.05, 0.1) is 12.0 Å². The molecule has 0 radical (unpaired) electrons. The summed E-state index contributed by atoms with van der Waals surface area (Å²) < 4.78 is 3.29. The summed E-state index contributed by atoms with van der Waals surface area (Å²) in [6, 6.07) is 20.0. The van der Waals surface area contributed by atoms with Crippen molar-refractivity contribution >= 4 is 5.91 Å². The van der Waals surface area contributed by atoms with Gasteiger partial charge in [0, 0.05) is 25.8 Å². The van der Waals surface area contributed by atoms with E-state index in [2.05, 4.69) is 48.3 Å². The van der Waals surface area contributed by atoms with Crippen molar-refractivity contribution in [3.63, 3.8) is 0 Å². The average molecular weight is 425 g/mol. The van der Waals surface area contributed by atoms with E-state index in [1.165, 1.54) is 5.56 Å². The lowest BCUT2D eigenvalue weighted by Crippen LogP contribution is -2.44. The van der Waals surface area contributed by atoms with Crippen LogP contribution < -0.4 is 5.56 Å². The molecule has 6 nitrogen and oxygen atoms in total. The molecule has 2 aromatic heterocycles. The van der Waals surface area contributed by atoms with E-state index in [9.17, 15) is 9.59 Å². The molecule has 0 bridgehead atoms. The van der Waals surface area contributed by atoms with Crippen LogP contribution in [-0.2, 0) is 13.1 Å². The van der Waals surface area contributed by atoms with E-state index in [1.54, 1.807) is 27.6 Å². The van der Waals surface area contributed by atoms with Crippen molar-refractivity contribution < 1.29 is 4.79 Å². The zero-order valence-electron chi connectivity index (χ0n) is 18.2. The lowest BCUT2D eigenvalue weighted by molar-refractivity contribution is 0.0687. The molecule has 6 heteroatoms. The molecule has 0 saturated carbocycles. The molecule has 0 aliphatic carbocycles. The Morgan fingerprint density at radius 2 is 1.69 bits per heavy atom. The van der Waals surface area contributed by atoms with Crippen LogP contribution in [0.15, 0.2) is 78.0 Å². The first-order valence-corrected chi connectivity index (χ1v) is 10.7. The van der Waals surface area contributed by atoms with Gasteiger partial charge >= 0.3 is 0 Å². The molecule has 1 aliphatic rings. The predicted octanol–water partition coefficient (Wildman–Crippen LogP) is 3.97. The number of aryl methyl sites for hydroxylation is 2. The van der Waals surface area contributed by atoms with Crippen LogP contribution >= 0.6 is 0 Å². The van der Waals surface area contributed by atoms with Crippen LogP contribution in [0.25, 0.3) is 16.8 Å². The van der Waals surface area contributed by atoms with Crippen molar-refractivity contribution in [1.29, 1.82) is 0 Å². The monoisotopic (exact) mass is 424 g/mol. The van der Waals surface area contributed by atoms with Crippen molar-refractivity contribution in [2.45, 2.75) is 26.9 Å². The molecule has 0 atom stereocenters. The van der Waals surface area contributed by atoms with E-state index in [-0.39, 0.29) is 11.5 Å². The Bertz CT molecular complexity index is 1370. The van der Waals surface area contributed by atoms with Crippen LogP contribution in [0.1, 0.15) is 27.3 Å². The summed E-state index contributed by atoms with van der Waals surface area (Å²) in [5, 5.41) is 0. The van der Waals surface area contributed by atoms with Crippen molar-refractivity contribution in [3.05, 3.63) is 106 Å². The van der Waals surface area contributed by atoms with Crippen molar-refractivity contribution in [3.8, 4) is 16.8 Å². The summed E-state index contributed by atoms with van der Waals surface area (Å²) in [4.78, 5) is 32.3. The highest BCUT2D eigenvalue weighted by molar-refractivity contribution is 5.93. The van der Waals surface area contributed by atoms with Gasteiger partial charge in [-0.2, -0.15) is 0 Å². The van der Waals surface area contributed by atoms with E-state index < -0.39 is 0 Å². The molecule has 4 aromatic rings. The number of imidazole rings is 1. The van der Waals surface area contributed by atoms with Gasteiger partial charge in [-0.1, -0.05) is 54.1 Å². The second kappa shape index (κ2) is 7.96. The molecule has 160 valence electrons. The van der Waals surface area contributed by atoms with E-state index in [1.807, 2.05) is 30.2 Å². The quantitative estimate of drug-likeness (QED) is 0.498. The van der Waals surface area contributed by atoms with Crippen LogP contribution in [0.5, 0.6) is 0 Å². The fourth-order valence-electron chi connectivity index (χ4n) is 4.24. The third-order valence-electron chi connectivity index (χ3n) is 5.98. The first-order chi connectivity index (χ1) is 15.5. The fraction of sp³-hybridized carbons (Fsp3) is 0.192. The Hall–Kier alpha value is -3.93. The first kappa shape index (κ1) is 20.0. The van der Waals surface area contributed by atoms with Crippen molar-refractivity contribution in [2.24, 2.45) is 0 Å². The van der Waals surface area contributed by atoms with Crippen LogP contribution in [0.4, 0.5) is 0 Å². The van der Waals surface area contributed by atoms with Gasteiger partial charge in [-0.3, -0.25) is 9.59 Å². The fourth-order valence-corrected chi connectivity index (χ4v) is 4.24. The zero-order valence-corrected chi connectivity index (χ0v) is 18.2. The van der Waals surface area contributed by atoms with Gasteiger partial charge in [0.25, 0.3) is 11.5 Å². The Balaban J connectivity index is 1.45. The third kappa shape index (κ3) is 3.54.